The highest BCUT2D eigenvalue weighted by Gasteiger charge is 2.24. The Balaban J connectivity index is 2.49. The highest BCUT2D eigenvalue weighted by atomic mass is 32.1. The topological polar surface area (TPSA) is 49.4 Å². The average molecular weight is 202 g/mol. The number of hydrogen-bond acceptors (Lipinski definition) is 3. The summed E-state index contributed by atoms with van der Waals surface area (Å²) in [5.41, 5.74) is 0. The van der Waals surface area contributed by atoms with Gasteiger partial charge in [0, 0.05) is 19.0 Å². The van der Waals surface area contributed by atoms with Crippen LogP contribution in [0.4, 0.5) is 0 Å². The van der Waals surface area contributed by atoms with E-state index >= 15 is 0 Å². The Bertz CT molecular complexity index is 220. The van der Waals surface area contributed by atoms with Crippen LogP contribution in [0.15, 0.2) is 0 Å². The van der Waals surface area contributed by atoms with Gasteiger partial charge >= 0.3 is 0 Å². The van der Waals surface area contributed by atoms with Crippen molar-refractivity contribution in [3.05, 3.63) is 0 Å². The van der Waals surface area contributed by atoms with Gasteiger partial charge in [-0.3, -0.25) is 9.59 Å². The minimum absolute atomic E-state index is 0.0108. The standard InChI is InChI=1S/C8H14N2O2S/c1-6-4-10(5-7(11)9-6)8(12)2-3-13/h6,13H,2-5H2,1H3,(H,9,11). The van der Waals surface area contributed by atoms with Crippen LogP contribution < -0.4 is 5.32 Å². The molecular formula is C8H14N2O2S. The summed E-state index contributed by atoms with van der Waals surface area (Å²) in [7, 11) is 0. The average Bonchev–Trinajstić information content (AvgIpc) is 2.03. The zero-order valence-electron chi connectivity index (χ0n) is 7.62. The molecule has 0 aliphatic carbocycles. The zero-order valence-corrected chi connectivity index (χ0v) is 8.51. The summed E-state index contributed by atoms with van der Waals surface area (Å²) < 4.78 is 0. The van der Waals surface area contributed by atoms with Gasteiger partial charge in [-0.05, 0) is 12.7 Å². The molecule has 1 N–H and O–H groups in total. The molecule has 0 saturated carbocycles. The molecule has 0 spiro atoms. The molecule has 5 heteroatoms. The maximum atomic E-state index is 11.4. The van der Waals surface area contributed by atoms with Gasteiger partial charge in [0.2, 0.25) is 11.8 Å². The summed E-state index contributed by atoms with van der Waals surface area (Å²) in [6, 6.07) is 0.0603. The SMILES string of the molecule is CC1CN(C(=O)CCS)CC(=O)N1. The van der Waals surface area contributed by atoms with Gasteiger partial charge in [0.05, 0.1) is 6.54 Å². The first-order chi connectivity index (χ1) is 6.13. The molecule has 0 bridgehead atoms. The summed E-state index contributed by atoms with van der Waals surface area (Å²) in [5.74, 6) is 0.466. The van der Waals surface area contributed by atoms with E-state index in [0.29, 0.717) is 18.7 Å². The number of nitrogens with one attached hydrogen (secondary N) is 1. The van der Waals surface area contributed by atoms with Gasteiger partial charge in [-0.15, -0.1) is 0 Å². The van der Waals surface area contributed by atoms with Gasteiger partial charge in [0.1, 0.15) is 0 Å². The van der Waals surface area contributed by atoms with Gasteiger partial charge < -0.3 is 10.2 Å². The van der Waals surface area contributed by atoms with E-state index in [-0.39, 0.29) is 24.4 Å². The molecule has 1 rings (SSSR count). The van der Waals surface area contributed by atoms with Crippen LogP contribution >= 0.6 is 12.6 Å². The van der Waals surface area contributed by atoms with Crippen molar-refractivity contribution in [2.45, 2.75) is 19.4 Å². The fourth-order valence-corrected chi connectivity index (χ4v) is 1.57. The van der Waals surface area contributed by atoms with Crippen molar-refractivity contribution in [1.29, 1.82) is 0 Å². The third-order valence-electron chi connectivity index (χ3n) is 1.91. The lowest BCUT2D eigenvalue weighted by Gasteiger charge is -2.31. The largest absolute Gasteiger partial charge is 0.350 e. The monoisotopic (exact) mass is 202 g/mol. The van der Waals surface area contributed by atoms with Crippen LogP contribution in [0.25, 0.3) is 0 Å². The van der Waals surface area contributed by atoms with E-state index in [2.05, 4.69) is 17.9 Å². The maximum Gasteiger partial charge on any atom is 0.239 e. The Morgan fingerprint density at radius 3 is 3.00 bits per heavy atom. The van der Waals surface area contributed by atoms with Gasteiger partial charge in [0.15, 0.2) is 0 Å². The van der Waals surface area contributed by atoms with E-state index in [4.69, 9.17) is 0 Å². The quantitative estimate of drug-likeness (QED) is 0.602. The van der Waals surface area contributed by atoms with Crippen molar-refractivity contribution >= 4 is 24.4 Å². The predicted molar refractivity (Wildman–Crippen MR) is 52.7 cm³/mol. The van der Waals surface area contributed by atoms with Crippen molar-refractivity contribution in [1.82, 2.24) is 10.2 Å². The van der Waals surface area contributed by atoms with Gasteiger partial charge in [-0.1, -0.05) is 0 Å². The number of thiol groups is 1. The lowest BCUT2D eigenvalue weighted by molar-refractivity contribution is -0.139. The molecule has 1 atom stereocenters. The van der Waals surface area contributed by atoms with Crippen molar-refractivity contribution in [2.75, 3.05) is 18.8 Å². The van der Waals surface area contributed by atoms with E-state index in [0.717, 1.165) is 0 Å². The number of nitrogens with zero attached hydrogens (tertiary/aromatic N) is 1. The first kappa shape index (κ1) is 10.4. The minimum atomic E-state index is -0.0775. The smallest absolute Gasteiger partial charge is 0.239 e. The zero-order chi connectivity index (χ0) is 9.84. The van der Waals surface area contributed by atoms with Crippen molar-refractivity contribution in [3.63, 3.8) is 0 Å². The third kappa shape index (κ3) is 2.91. The van der Waals surface area contributed by atoms with Crippen LogP contribution in [0.1, 0.15) is 13.3 Å². The summed E-state index contributed by atoms with van der Waals surface area (Å²) in [6.45, 7) is 2.69. The van der Waals surface area contributed by atoms with Crippen LogP contribution in [-0.4, -0.2) is 41.6 Å². The summed E-state index contributed by atoms with van der Waals surface area (Å²) in [5, 5.41) is 2.75. The van der Waals surface area contributed by atoms with E-state index in [1.54, 1.807) is 4.90 Å². The second-order valence-electron chi connectivity index (χ2n) is 3.22. The molecule has 1 fully saturated rings. The second kappa shape index (κ2) is 4.50. The third-order valence-corrected chi connectivity index (χ3v) is 2.14. The molecule has 1 saturated heterocycles. The molecule has 2 amide bonds. The molecule has 4 nitrogen and oxygen atoms in total. The minimum Gasteiger partial charge on any atom is -0.350 e. The molecule has 1 unspecified atom stereocenters. The molecule has 0 radical (unpaired) electrons. The van der Waals surface area contributed by atoms with Crippen molar-refractivity contribution < 1.29 is 9.59 Å². The van der Waals surface area contributed by atoms with Crippen molar-refractivity contribution in [2.24, 2.45) is 0 Å². The number of hydrogen-bond donors (Lipinski definition) is 2. The maximum absolute atomic E-state index is 11.4. The molecule has 0 aromatic rings. The number of piperazine rings is 1. The highest BCUT2D eigenvalue weighted by molar-refractivity contribution is 7.80. The van der Waals surface area contributed by atoms with Crippen LogP contribution in [0.2, 0.25) is 0 Å². The fraction of sp³-hybridized carbons (Fsp3) is 0.750. The van der Waals surface area contributed by atoms with Gasteiger partial charge in [-0.2, -0.15) is 12.6 Å². The van der Waals surface area contributed by atoms with E-state index < -0.39 is 0 Å². The molecule has 1 heterocycles. The molecule has 13 heavy (non-hydrogen) atoms. The molecule has 0 aromatic heterocycles. The van der Waals surface area contributed by atoms with Crippen molar-refractivity contribution in [3.8, 4) is 0 Å². The lowest BCUT2D eigenvalue weighted by atomic mass is 10.2. The first-order valence-electron chi connectivity index (χ1n) is 4.31. The van der Waals surface area contributed by atoms with Crippen LogP contribution in [0.5, 0.6) is 0 Å². The van der Waals surface area contributed by atoms with Crippen LogP contribution in [0, 0.1) is 0 Å². The summed E-state index contributed by atoms with van der Waals surface area (Å²) in [4.78, 5) is 24.0. The predicted octanol–water partition coefficient (Wildman–Crippen LogP) is -0.347. The summed E-state index contributed by atoms with van der Waals surface area (Å²) >= 11 is 3.98. The number of rotatable bonds is 2. The summed E-state index contributed by atoms with van der Waals surface area (Å²) in [6.07, 6.45) is 0.406. The normalized spacial score (nSPS) is 22.8. The molecular weight excluding hydrogens is 188 g/mol. The van der Waals surface area contributed by atoms with Gasteiger partial charge in [0.25, 0.3) is 0 Å². The second-order valence-corrected chi connectivity index (χ2v) is 3.66. The van der Waals surface area contributed by atoms with Crippen LogP contribution in [-0.2, 0) is 9.59 Å². The number of carbonyl (C=O) groups excluding carboxylic acids is 2. The highest BCUT2D eigenvalue weighted by Crippen LogP contribution is 2.02. The van der Waals surface area contributed by atoms with Gasteiger partial charge in [-0.25, -0.2) is 0 Å². The Labute approximate surface area is 83.1 Å². The Kier molecular flexibility index (Phi) is 3.59. The Hall–Kier alpha value is -0.710. The molecule has 74 valence electrons. The van der Waals surface area contributed by atoms with E-state index in [1.807, 2.05) is 6.92 Å². The van der Waals surface area contributed by atoms with E-state index in [1.165, 1.54) is 0 Å². The number of amides is 2. The molecule has 1 aliphatic rings. The molecule has 1 aliphatic heterocycles. The lowest BCUT2D eigenvalue weighted by Crippen LogP contribution is -2.54. The van der Waals surface area contributed by atoms with E-state index in [9.17, 15) is 9.59 Å². The Morgan fingerprint density at radius 1 is 1.77 bits per heavy atom. The first-order valence-corrected chi connectivity index (χ1v) is 4.94. The Morgan fingerprint density at radius 2 is 2.46 bits per heavy atom. The van der Waals surface area contributed by atoms with Crippen LogP contribution in [0.3, 0.4) is 0 Å². The number of carbonyl (C=O) groups is 2. The fourth-order valence-electron chi connectivity index (χ4n) is 1.38. The molecule has 0 aromatic carbocycles.